The molecule has 0 aliphatic carbocycles. The van der Waals surface area contributed by atoms with E-state index in [0.29, 0.717) is 0 Å². The topological polar surface area (TPSA) is 16.4 Å². The molecule has 10 rings (SSSR count). The number of furan rings is 1. The van der Waals surface area contributed by atoms with Crippen molar-refractivity contribution >= 4 is 70.5 Å². The summed E-state index contributed by atoms with van der Waals surface area (Å²) >= 11 is 1.86. The molecular weight excluding hydrogens is 639 g/mol. The Balaban J connectivity index is 1.20. The monoisotopic (exact) mass is 669 g/mol. The molecule has 0 saturated heterocycles. The Morgan fingerprint density at radius 2 is 0.882 bits per heavy atom. The van der Waals surface area contributed by atoms with Gasteiger partial charge in [0.1, 0.15) is 11.2 Å². The van der Waals surface area contributed by atoms with Gasteiger partial charge in [-0.05, 0) is 88.5 Å². The van der Waals surface area contributed by atoms with Crippen molar-refractivity contribution in [2.75, 3.05) is 4.90 Å². The normalized spacial score (nSPS) is 11.5. The van der Waals surface area contributed by atoms with Gasteiger partial charge in [-0.1, -0.05) is 127 Å². The van der Waals surface area contributed by atoms with Gasteiger partial charge in [-0.25, -0.2) is 0 Å². The Morgan fingerprint density at radius 3 is 1.55 bits per heavy atom. The van der Waals surface area contributed by atoms with E-state index in [1.165, 1.54) is 53.6 Å². The molecule has 3 heteroatoms. The number of thiophene rings is 1. The highest BCUT2D eigenvalue weighted by atomic mass is 32.1. The van der Waals surface area contributed by atoms with Crippen LogP contribution in [0.15, 0.2) is 192 Å². The summed E-state index contributed by atoms with van der Waals surface area (Å²) in [6.45, 7) is 0. The molecule has 51 heavy (non-hydrogen) atoms. The standard InChI is InChI=1S/C48H31NOS/c1-3-11-32(12-4-1)34-19-24-37(25-20-34)49(38-26-21-35(22-27-38)33-13-5-2-6-14-33)39-30-42(48-44(31-39)41-16-8-10-18-47(41)51-48)36-23-28-46-43(29-36)40-15-7-9-17-45(40)50-46/h1-31H. The van der Waals surface area contributed by atoms with Crippen LogP contribution >= 0.6 is 11.3 Å². The van der Waals surface area contributed by atoms with Crippen LogP contribution in [0, 0.1) is 0 Å². The molecule has 0 aliphatic rings. The Kier molecular flexibility index (Phi) is 7.04. The van der Waals surface area contributed by atoms with E-state index in [2.05, 4.69) is 181 Å². The van der Waals surface area contributed by atoms with Gasteiger partial charge in [-0.2, -0.15) is 0 Å². The van der Waals surface area contributed by atoms with E-state index < -0.39 is 0 Å². The number of benzene rings is 8. The lowest BCUT2D eigenvalue weighted by Gasteiger charge is -2.27. The van der Waals surface area contributed by atoms with Crippen molar-refractivity contribution in [2.45, 2.75) is 0 Å². The molecule has 0 bridgehead atoms. The quantitative estimate of drug-likeness (QED) is 0.175. The predicted octanol–water partition coefficient (Wildman–Crippen LogP) is 14.4. The van der Waals surface area contributed by atoms with Crippen LogP contribution in [0.1, 0.15) is 0 Å². The summed E-state index contributed by atoms with van der Waals surface area (Å²) in [5.74, 6) is 0. The number of para-hydroxylation sites is 1. The van der Waals surface area contributed by atoms with E-state index in [1.54, 1.807) is 0 Å². The zero-order valence-corrected chi connectivity index (χ0v) is 28.5. The van der Waals surface area contributed by atoms with E-state index >= 15 is 0 Å². The number of anilines is 3. The van der Waals surface area contributed by atoms with Crippen LogP contribution in [0.4, 0.5) is 17.1 Å². The van der Waals surface area contributed by atoms with Crippen LogP contribution < -0.4 is 4.90 Å². The summed E-state index contributed by atoms with van der Waals surface area (Å²) in [6.07, 6.45) is 0. The minimum atomic E-state index is 0.905. The van der Waals surface area contributed by atoms with Crippen LogP contribution in [0.3, 0.4) is 0 Å². The fourth-order valence-electron chi connectivity index (χ4n) is 7.36. The van der Waals surface area contributed by atoms with Crippen LogP contribution in [0.25, 0.3) is 75.5 Å². The highest BCUT2D eigenvalue weighted by molar-refractivity contribution is 7.26. The van der Waals surface area contributed by atoms with Crippen molar-refractivity contribution in [3.63, 3.8) is 0 Å². The fourth-order valence-corrected chi connectivity index (χ4v) is 8.58. The maximum Gasteiger partial charge on any atom is 0.135 e. The van der Waals surface area contributed by atoms with E-state index in [4.69, 9.17) is 4.42 Å². The zero-order valence-electron chi connectivity index (χ0n) is 27.7. The Labute approximate surface area is 300 Å². The highest BCUT2D eigenvalue weighted by Crippen LogP contribution is 2.46. The van der Waals surface area contributed by atoms with Crippen molar-refractivity contribution in [1.29, 1.82) is 0 Å². The molecule has 10 aromatic rings. The molecule has 0 fully saturated rings. The van der Waals surface area contributed by atoms with Gasteiger partial charge >= 0.3 is 0 Å². The van der Waals surface area contributed by atoms with Crippen LogP contribution in [0.5, 0.6) is 0 Å². The molecule has 0 N–H and O–H groups in total. The summed E-state index contributed by atoms with van der Waals surface area (Å²) in [5, 5.41) is 4.80. The summed E-state index contributed by atoms with van der Waals surface area (Å²) in [5.41, 5.74) is 12.3. The lowest BCUT2D eigenvalue weighted by atomic mass is 9.98. The molecule has 2 aromatic heterocycles. The van der Waals surface area contributed by atoms with Crippen molar-refractivity contribution in [1.82, 2.24) is 0 Å². The SMILES string of the molecule is c1ccc(-c2ccc(N(c3ccc(-c4ccccc4)cc3)c3cc(-c4ccc5oc6ccccc6c5c4)c4sc5ccccc5c4c3)cc2)cc1. The molecular formula is C48H31NOS. The largest absolute Gasteiger partial charge is 0.456 e. The highest BCUT2D eigenvalue weighted by Gasteiger charge is 2.20. The van der Waals surface area contributed by atoms with Gasteiger partial charge in [0.2, 0.25) is 0 Å². The zero-order chi connectivity index (χ0) is 33.7. The summed E-state index contributed by atoms with van der Waals surface area (Å²) in [7, 11) is 0. The van der Waals surface area contributed by atoms with Crippen LogP contribution in [-0.4, -0.2) is 0 Å². The van der Waals surface area contributed by atoms with E-state index in [0.717, 1.165) is 39.0 Å². The molecule has 0 spiro atoms. The summed E-state index contributed by atoms with van der Waals surface area (Å²) in [4.78, 5) is 2.39. The average Bonchev–Trinajstić information content (AvgIpc) is 3.77. The Hall–Kier alpha value is -6.42. The van der Waals surface area contributed by atoms with Gasteiger partial charge in [0.15, 0.2) is 0 Å². The Morgan fingerprint density at radius 1 is 0.353 bits per heavy atom. The molecule has 0 unspecified atom stereocenters. The number of fused-ring (bicyclic) bond motifs is 6. The molecule has 2 nitrogen and oxygen atoms in total. The van der Waals surface area contributed by atoms with E-state index in [-0.39, 0.29) is 0 Å². The molecule has 0 radical (unpaired) electrons. The number of rotatable bonds is 6. The first-order valence-corrected chi connectivity index (χ1v) is 18.1. The second-order valence-electron chi connectivity index (χ2n) is 12.9. The first-order valence-electron chi connectivity index (χ1n) is 17.2. The minimum absolute atomic E-state index is 0.905. The van der Waals surface area contributed by atoms with Gasteiger partial charge in [0, 0.05) is 53.6 Å². The lowest BCUT2D eigenvalue weighted by molar-refractivity contribution is 0.669. The van der Waals surface area contributed by atoms with Gasteiger partial charge in [-0.15, -0.1) is 11.3 Å². The molecule has 240 valence electrons. The molecule has 8 aromatic carbocycles. The maximum atomic E-state index is 6.23. The molecule has 0 atom stereocenters. The third kappa shape index (κ3) is 5.18. The second kappa shape index (κ2) is 12.2. The van der Waals surface area contributed by atoms with Crippen molar-refractivity contribution < 1.29 is 4.42 Å². The summed E-state index contributed by atoms with van der Waals surface area (Å²) < 4.78 is 8.80. The summed E-state index contributed by atoms with van der Waals surface area (Å²) in [6, 6.07) is 67.5. The predicted molar refractivity (Wildman–Crippen MR) is 218 cm³/mol. The van der Waals surface area contributed by atoms with Crippen molar-refractivity contribution in [2.24, 2.45) is 0 Å². The number of hydrogen-bond donors (Lipinski definition) is 0. The maximum absolute atomic E-state index is 6.23. The van der Waals surface area contributed by atoms with Gasteiger partial charge in [0.25, 0.3) is 0 Å². The minimum Gasteiger partial charge on any atom is -0.456 e. The molecule has 0 saturated carbocycles. The van der Waals surface area contributed by atoms with Crippen LogP contribution in [0.2, 0.25) is 0 Å². The molecule has 0 amide bonds. The third-order valence-electron chi connectivity index (χ3n) is 9.87. The number of hydrogen-bond acceptors (Lipinski definition) is 3. The lowest BCUT2D eigenvalue weighted by Crippen LogP contribution is -2.10. The van der Waals surface area contributed by atoms with Gasteiger partial charge in [0.05, 0.1) is 0 Å². The second-order valence-corrected chi connectivity index (χ2v) is 14.0. The smallest absolute Gasteiger partial charge is 0.135 e. The first-order chi connectivity index (χ1) is 25.3. The first kappa shape index (κ1) is 29.5. The molecule has 2 heterocycles. The van der Waals surface area contributed by atoms with Gasteiger partial charge in [-0.3, -0.25) is 0 Å². The van der Waals surface area contributed by atoms with E-state index in [9.17, 15) is 0 Å². The third-order valence-corrected chi connectivity index (χ3v) is 11.1. The van der Waals surface area contributed by atoms with Gasteiger partial charge < -0.3 is 9.32 Å². The molecule has 0 aliphatic heterocycles. The van der Waals surface area contributed by atoms with Crippen molar-refractivity contribution in [3.8, 4) is 33.4 Å². The average molecular weight is 670 g/mol. The van der Waals surface area contributed by atoms with Crippen molar-refractivity contribution in [3.05, 3.63) is 188 Å². The Bertz CT molecular complexity index is 2750. The fraction of sp³-hybridized carbons (Fsp3) is 0. The van der Waals surface area contributed by atoms with Crippen LogP contribution in [-0.2, 0) is 0 Å². The van der Waals surface area contributed by atoms with E-state index in [1.807, 2.05) is 23.5 Å². The number of nitrogens with zero attached hydrogens (tertiary/aromatic N) is 1.